The highest BCUT2D eigenvalue weighted by atomic mass is 19.1. The molecule has 1 aromatic carbocycles. The molecule has 1 aromatic rings. The summed E-state index contributed by atoms with van der Waals surface area (Å²) in [7, 11) is 0. The number of carboxylic acids is 1. The van der Waals surface area contributed by atoms with Crippen LogP contribution in [-0.2, 0) is 4.74 Å². The zero-order valence-corrected chi connectivity index (χ0v) is 14.0. The Bertz CT molecular complexity index is 544. The maximum atomic E-state index is 14.0. The van der Waals surface area contributed by atoms with Crippen molar-refractivity contribution >= 4 is 5.97 Å². The van der Waals surface area contributed by atoms with Crippen LogP contribution in [0, 0.1) is 11.2 Å². The molecule has 0 radical (unpaired) electrons. The van der Waals surface area contributed by atoms with Crippen LogP contribution in [0.2, 0.25) is 0 Å². The van der Waals surface area contributed by atoms with Gasteiger partial charge in [0.15, 0.2) is 11.6 Å². The van der Waals surface area contributed by atoms with Gasteiger partial charge < -0.3 is 14.6 Å². The summed E-state index contributed by atoms with van der Waals surface area (Å²) in [5.74, 6) is -1.78. The number of rotatable bonds is 5. The highest BCUT2D eigenvalue weighted by Crippen LogP contribution is 2.31. The molecule has 1 fully saturated rings. The van der Waals surface area contributed by atoms with Crippen molar-refractivity contribution in [2.24, 2.45) is 5.41 Å². The van der Waals surface area contributed by atoms with Crippen molar-refractivity contribution in [3.63, 3.8) is 0 Å². The molecule has 1 saturated carbocycles. The molecule has 2 rings (SSSR count). The fourth-order valence-corrected chi connectivity index (χ4v) is 2.63. The first kappa shape index (κ1) is 17.7. The molecule has 4 nitrogen and oxygen atoms in total. The van der Waals surface area contributed by atoms with Gasteiger partial charge in [0, 0.05) is 5.41 Å². The first-order chi connectivity index (χ1) is 10.8. The zero-order chi connectivity index (χ0) is 17.0. The summed E-state index contributed by atoms with van der Waals surface area (Å²) in [6.07, 6.45) is 4.91. The fraction of sp³-hybridized carbons (Fsp3) is 0.611. The topological polar surface area (TPSA) is 55.8 Å². The molecular formula is C18H25FO4. The lowest BCUT2D eigenvalue weighted by Crippen LogP contribution is -2.38. The Morgan fingerprint density at radius 2 is 1.91 bits per heavy atom. The van der Waals surface area contributed by atoms with E-state index in [4.69, 9.17) is 14.6 Å². The average molecular weight is 324 g/mol. The number of aromatic carboxylic acids is 1. The van der Waals surface area contributed by atoms with Crippen LogP contribution in [0.3, 0.4) is 0 Å². The van der Waals surface area contributed by atoms with E-state index < -0.39 is 18.1 Å². The van der Waals surface area contributed by atoms with Gasteiger partial charge in [0.1, 0.15) is 0 Å². The quantitative estimate of drug-likeness (QED) is 0.803. The van der Waals surface area contributed by atoms with E-state index in [1.807, 2.05) is 20.8 Å². The second-order valence-corrected chi connectivity index (χ2v) is 7.16. The second kappa shape index (κ2) is 7.30. The second-order valence-electron chi connectivity index (χ2n) is 7.16. The van der Waals surface area contributed by atoms with Gasteiger partial charge in [-0.1, -0.05) is 40.0 Å². The van der Waals surface area contributed by atoms with Gasteiger partial charge in [-0.25, -0.2) is 9.18 Å². The van der Waals surface area contributed by atoms with Crippen molar-refractivity contribution < 1.29 is 23.8 Å². The largest absolute Gasteiger partial charge is 0.478 e. The molecule has 23 heavy (non-hydrogen) atoms. The molecule has 0 heterocycles. The van der Waals surface area contributed by atoms with Crippen molar-refractivity contribution in [3.05, 3.63) is 29.6 Å². The molecule has 0 aliphatic heterocycles. The SMILES string of the molecule is CC(C)(C)C(Oc1cc(C(=O)O)ccc1F)OC1CCCCC1. The summed E-state index contributed by atoms with van der Waals surface area (Å²) in [6.45, 7) is 5.87. The molecule has 128 valence electrons. The van der Waals surface area contributed by atoms with Crippen molar-refractivity contribution in [2.45, 2.75) is 65.3 Å². The van der Waals surface area contributed by atoms with Crippen LogP contribution in [0.5, 0.6) is 5.75 Å². The molecule has 1 aliphatic rings. The summed E-state index contributed by atoms with van der Waals surface area (Å²) in [4.78, 5) is 11.1. The highest BCUT2D eigenvalue weighted by Gasteiger charge is 2.31. The lowest BCUT2D eigenvalue weighted by molar-refractivity contribution is -0.178. The standard InChI is InChI=1S/C18H25FO4/c1-18(2,3)17(22-13-7-5-4-6-8-13)23-15-11-12(16(20)21)9-10-14(15)19/h9-11,13,17H,4-8H2,1-3H3,(H,20,21). The first-order valence-corrected chi connectivity index (χ1v) is 8.12. The van der Waals surface area contributed by atoms with Gasteiger partial charge in [-0.05, 0) is 31.0 Å². The van der Waals surface area contributed by atoms with E-state index in [1.165, 1.54) is 18.6 Å². The molecule has 1 N–H and O–H groups in total. The van der Waals surface area contributed by atoms with E-state index in [9.17, 15) is 9.18 Å². The van der Waals surface area contributed by atoms with Gasteiger partial charge in [0.25, 0.3) is 0 Å². The summed E-state index contributed by atoms with van der Waals surface area (Å²) in [6, 6.07) is 3.54. The van der Waals surface area contributed by atoms with Gasteiger partial charge in [-0.2, -0.15) is 0 Å². The number of halogens is 1. The molecule has 1 aliphatic carbocycles. The third kappa shape index (κ3) is 4.93. The minimum Gasteiger partial charge on any atom is -0.478 e. The normalized spacial score (nSPS) is 17.7. The summed E-state index contributed by atoms with van der Waals surface area (Å²) >= 11 is 0. The molecular weight excluding hydrogens is 299 g/mol. The van der Waals surface area contributed by atoms with Gasteiger partial charge >= 0.3 is 5.97 Å². The maximum absolute atomic E-state index is 14.0. The number of hydrogen-bond donors (Lipinski definition) is 1. The van der Waals surface area contributed by atoms with Crippen LogP contribution >= 0.6 is 0 Å². The van der Waals surface area contributed by atoms with Crippen molar-refractivity contribution in [3.8, 4) is 5.75 Å². The number of carboxylic acid groups (broad SMARTS) is 1. The molecule has 0 spiro atoms. The van der Waals surface area contributed by atoms with Crippen LogP contribution in [0.15, 0.2) is 18.2 Å². The molecule has 5 heteroatoms. The Hall–Kier alpha value is -1.62. The van der Waals surface area contributed by atoms with E-state index in [0.717, 1.165) is 31.7 Å². The number of ether oxygens (including phenoxy) is 2. The Balaban J connectivity index is 2.17. The fourth-order valence-electron chi connectivity index (χ4n) is 2.63. The Kier molecular flexibility index (Phi) is 5.63. The minimum absolute atomic E-state index is 0.00766. The zero-order valence-electron chi connectivity index (χ0n) is 14.0. The molecule has 0 aromatic heterocycles. The Morgan fingerprint density at radius 3 is 2.48 bits per heavy atom. The summed E-state index contributed by atoms with van der Waals surface area (Å²) < 4.78 is 25.8. The van der Waals surface area contributed by atoms with Crippen molar-refractivity contribution in [1.82, 2.24) is 0 Å². The van der Waals surface area contributed by atoms with Crippen LogP contribution < -0.4 is 4.74 Å². The van der Waals surface area contributed by atoms with Crippen LogP contribution in [0.4, 0.5) is 4.39 Å². The third-order valence-corrected chi connectivity index (χ3v) is 3.99. The predicted octanol–water partition coefficient (Wildman–Crippen LogP) is 4.62. The lowest BCUT2D eigenvalue weighted by atomic mass is 9.94. The monoisotopic (exact) mass is 324 g/mol. The van der Waals surface area contributed by atoms with Gasteiger partial charge in [0.2, 0.25) is 6.29 Å². The molecule has 0 bridgehead atoms. The minimum atomic E-state index is -1.12. The number of carbonyl (C=O) groups is 1. The molecule has 1 unspecified atom stereocenters. The average Bonchev–Trinajstić information content (AvgIpc) is 2.48. The number of benzene rings is 1. The van der Waals surface area contributed by atoms with Gasteiger partial charge in [0.05, 0.1) is 11.7 Å². The van der Waals surface area contributed by atoms with Crippen LogP contribution in [-0.4, -0.2) is 23.5 Å². The smallest absolute Gasteiger partial charge is 0.335 e. The van der Waals surface area contributed by atoms with Gasteiger partial charge in [-0.3, -0.25) is 0 Å². The maximum Gasteiger partial charge on any atom is 0.335 e. The van der Waals surface area contributed by atoms with E-state index in [-0.39, 0.29) is 22.8 Å². The van der Waals surface area contributed by atoms with Crippen molar-refractivity contribution in [2.75, 3.05) is 0 Å². The Labute approximate surface area is 136 Å². The predicted molar refractivity (Wildman–Crippen MR) is 85.2 cm³/mol. The third-order valence-electron chi connectivity index (χ3n) is 3.99. The highest BCUT2D eigenvalue weighted by molar-refractivity contribution is 5.88. The van der Waals surface area contributed by atoms with Crippen molar-refractivity contribution in [1.29, 1.82) is 0 Å². The molecule has 0 amide bonds. The molecule has 1 atom stereocenters. The van der Waals surface area contributed by atoms with E-state index in [2.05, 4.69) is 0 Å². The summed E-state index contributed by atoms with van der Waals surface area (Å²) in [5.41, 5.74) is -0.366. The van der Waals surface area contributed by atoms with Gasteiger partial charge in [-0.15, -0.1) is 0 Å². The van der Waals surface area contributed by atoms with E-state index in [0.29, 0.717) is 0 Å². The van der Waals surface area contributed by atoms with Crippen LogP contribution in [0.1, 0.15) is 63.2 Å². The Morgan fingerprint density at radius 1 is 1.26 bits per heavy atom. The summed E-state index contributed by atoms with van der Waals surface area (Å²) in [5, 5.41) is 9.05. The number of hydrogen-bond acceptors (Lipinski definition) is 3. The first-order valence-electron chi connectivity index (χ1n) is 8.12. The van der Waals surface area contributed by atoms with Crippen LogP contribution in [0.25, 0.3) is 0 Å². The molecule has 0 saturated heterocycles. The van der Waals surface area contributed by atoms with E-state index >= 15 is 0 Å². The van der Waals surface area contributed by atoms with E-state index in [1.54, 1.807) is 0 Å². The lowest BCUT2D eigenvalue weighted by Gasteiger charge is -2.35.